The lowest BCUT2D eigenvalue weighted by Gasteiger charge is -2.14. The van der Waals surface area contributed by atoms with E-state index in [0.717, 1.165) is 39.6 Å². The maximum Gasteiger partial charge on any atom is 0.338 e. The van der Waals surface area contributed by atoms with Crippen LogP contribution in [-0.2, 0) is 6.42 Å². The number of rotatable bonds is 2. The summed E-state index contributed by atoms with van der Waals surface area (Å²) in [7, 11) is 1.62. The van der Waals surface area contributed by atoms with Crippen molar-refractivity contribution in [1.29, 1.82) is 0 Å². The van der Waals surface area contributed by atoms with Crippen LogP contribution in [0.4, 0.5) is 4.79 Å². The minimum atomic E-state index is -0.413. The molecular weight excluding hydrogens is 326 g/mol. The second kappa shape index (κ2) is 5.76. The maximum absolute atomic E-state index is 12.6. The van der Waals surface area contributed by atoms with Crippen LogP contribution in [0.5, 0.6) is 5.75 Å². The minimum Gasteiger partial charge on any atom is -0.497 e. The summed E-state index contributed by atoms with van der Waals surface area (Å²) in [6.07, 6.45) is 3.32. The molecule has 1 aliphatic rings. The van der Waals surface area contributed by atoms with Crippen molar-refractivity contribution >= 4 is 27.8 Å². The average molecular weight is 341 g/mol. The topological polar surface area (TPSA) is 73.2 Å². The van der Waals surface area contributed by atoms with E-state index in [2.05, 4.69) is 10.3 Å². The van der Waals surface area contributed by atoms with Crippen LogP contribution in [0.3, 0.4) is 0 Å². The summed E-state index contributed by atoms with van der Waals surface area (Å²) in [5.41, 5.74) is 1.92. The Balaban J connectivity index is 1.64. The Morgan fingerprint density at radius 3 is 3.08 bits per heavy atom. The van der Waals surface area contributed by atoms with E-state index in [1.54, 1.807) is 25.4 Å². The third-order valence-corrected chi connectivity index (χ3v) is 5.29. The van der Waals surface area contributed by atoms with Crippen molar-refractivity contribution in [3.05, 3.63) is 58.0 Å². The quantitative estimate of drug-likeness (QED) is 0.778. The van der Waals surface area contributed by atoms with E-state index in [1.165, 1.54) is 5.56 Å². The van der Waals surface area contributed by atoms with Gasteiger partial charge in [-0.05, 0) is 59.8 Å². The lowest BCUT2D eigenvalue weighted by Crippen LogP contribution is -2.35. The number of benzene rings is 1. The first-order valence-corrected chi connectivity index (χ1v) is 8.39. The smallest absolute Gasteiger partial charge is 0.338 e. The van der Waals surface area contributed by atoms with Crippen molar-refractivity contribution in [1.82, 2.24) is 14.3 Å². The predicted octanol–water partition coefficient (Wildman–Crippen LogP) is 2.71. The number of amides is 1. The molecule has 0 radical (unpaired) electrons. The van der Waals surface area contributed by atoms with Gasteiger partial charge in [0.15, 0.2) is 0 Å². The van der Waals surface area contributed by atoms with Gasteiger partial charge in [0.2, 0.25) is 0 Å². The van der Waals surface area contributed by atoms with Gasteiger partial charge in [0, 0.05) is 6.20 Å². The van der Waals surface area contributed by atoms with E-state index in [1.807, 2.05) is 18.2 Å². The van der Waals surface area contributed by atoms with E-state index < -0.39 is 6.03 Å². The molecule has 0 saturated carbocycles. The number of fused-ring (bicyclic) bond motifs is 2. The van der Waals surface area contributed by atoms with Gasteiger partial charge < -0.3 is 10.1 Å². The number of aromatic nitrogens is 2. The summed E-state index contributed by atoms with van der Waals surface area (Å²) >= 11 is 1.06. The fourth-order valence-corrected chi connectivity index (χ4v) is 3.91. The molecule has 24 heavy (non-hydrogen) atoms. The lowest BCUT2D eigenvalue weighted by atomic mass is 10.1. The van der Waals surface area contributed by atoms with Crippen LogP contribution in [-0.4, -0.2) is 22.1 Å². The van der Waals surface area contributed by atoms with Crippen LogP contribution in [0.15, 0.2) is 41.3 Å². The van der Waals surface area contributed by atoms with Gasteiger partial charge in [-0.25, -0.2) is 9.78 Å². The first kappa shape index (κ1) is 14.9. The molecule has 1 N–H and O–H groups in total. The van der Waals surface area contributed by atoms with Crippen LogP contribution in [0.1, 0.15) is 23.6 Å². The van der Waals surface area contributed by atoms with Gasteiger partial charge in [-0.3, -0.25) is 4.79 Å². The zero-order valence-electron chi connectivity index (χ0n) is 13.0. The largest absolute Gasteiger partial charge is 0.497 e. The molecule has 0 bridgehead atoms. The molecule has 1 amide bonds. The predicted molar refractivity (Wildman–Crippen MR) is 91.9 cm³/mol. The average Bonchev–Trinajstić information content (AvgIpc) is 3.16. The first-order chi connectivity index (χ1) is 11.7. The zero-order valence-corrected chi connectivity index (χ0v) is 13.8. The SMILES string of the molecule is COc1ccc2c(c1)C(NC(=O)n1sc3ncccc3c1=O)CC2. The second-order valence-electron chi connectivity index (χ2n) is 5.65. The molecule has 4 rings (SSSR count). The van der Waals surface area contributed by atoms with Gasteiger partial charge in [-0.15, -0.1) is 0 Å². The fraction of sp³-hybridized carbons (Fsp3) is 0.235. The summed E-state index contributed by atoms with van der Waals surface area (Å²) in [4.78, 5) is 29.6. The number of carbonyl (C=O) groups is 1. The molecule has 0 spiro atoms. The lowest BCUT2D eigenvalue weighted by molar-refractivity contribution is 0.240. The highest BCUT2D eigenvalue weighted by molar-refractivity contribution is 7.14. The van der Waals surface area contributed by atoms with Crippen molar-refractivity contribution < 1.29 is 9.53 Å². The molecule has 0 aliphatic heterocycles. The number of carbonyl (C=O) groups excluding carboxylic acids is 1. The highest BCUT2D eigenvalue weighted by Crippen LogP contribution is 2.33. The van der Waals surface area contributed by atoms with Gasteiger partial charge in [-0.2, -0.15) is 3.96 Å². The number of hydrogen-bond acceptors (Lipinski definition) is 5. The van der Waals surface area contributed by atoms with Gasteiger partial charge in [0.25, 0.3) is 5.56 Å². The number of aryl methyl sites for hydroxylation is 1. The Morgan fingerprint density at radius 1 is 1.42 bits per heavy atom. The summed E-state index contributed by atoms with van der Waals surface area (Å²) in [5.74, 6) is 0.762. The molecule has 0 saturated heterocycles. The van der Waals surface area contributed by atoms with Gasteiger partial charge in [0.05, 0.1) is 18.5 Å². The Bertz CT molecular complexity index is 992. The Hall–Kier alpha value is -2.67. The molecular formula is C17H15N3O3S. The van der Waals surface area contributed by atoms with Crippen LogP contribution in [0.25, 0.3) is 10.2 Å². The number of hydrogen-bond donors (Lipinski definition) is 1. The van der Waals surface area contributed by atoms with Crippen molar-refractivity contribution in [2.24, 2.45) is 0 Å². The summed E-state index contributed by atoms with van der Waals surface area (Å²) < 4.78 is 6.40. The highest BCUT2D eigenvalue weighted by atomic mass is 32.1. The molecule has 7 heteroatoms. The third kappa shape index (κ3) is 2.37. The Kier molecular flexibility index (Phi) is 3.57. The van der Waals surface area contributed by atoms with E-state index in [0.29, 0.717) is 10.2 Å². The van der Waals surface area contributed by atoms with E-state index in [4.69, 9.17) is 4.74 Å². The van der Waals surface area contributed by atoms with Gasteiger partial charge in [0.1, 0.15) is 10.6 Å². The van der Waals surface area contributed by atoms with E-state index >= 15 is 0 Å². The number of pyridine rings is 1. The van der Waals surface area contributed by atoms with E-state index in [9.17, 15) is 9.59 Å². The van der Waals surface area contributed by atoms with Crippen LogP contribution < -0.4 is 15.6 Å². The third-order valence-electron chi connectivity index (χ3n) is 4.28. The molecule has 1 atom stereocenters. The van der Waals surface area contributed by atoms with Gasteiger partial charge >= 0.3 is 6.03 Å². The Labute approximate surface area is 141 Å². The van der Waals surface area contributed by atoms with Crippen molar-refractivity contribution in [2.75, 3.05) is 7.11 Å². The van der Waals surface area contributed by atoms with Gasteiger partial charge in [-0.1, -0.05) is 6.07 Å². The van der Waals surface area contributed by atoms with Crippen molar-refractivity contribution in [2.45, 2.75) is 18.9 Å². The summed E-state index contributed by atoms with van der Waals surface area (Å²) in [6.45, 7) is 0. The number of nitrogens with one attached hydrogen (secondary N) is 1. The van der Waals surface area contributed by atoms with E-state index in [-0.39, 0.29) is 11.6 Å². The molecule has 3 aromatic rings. The molecule has 1 unspecified atom stereocenters. The molecule has 2 heterocycles. The number of nitrogens with zero attached hydrogens (tertiary/aromatic N) is 2. The minimum absolute atomic E-state index is 0.118. The zero-order chi connectivity index (χ0) is 16.7. The molecule has 1 aliphatic carbocycles. The molecule has 0 fully saturated rings. The summed E-state index contributed by atoms with van der Waals surface area (Å²) in [6, 6.07) is 8.74. The maximum atomic E-state index is 12.6. The van der Waals surface area contributed by atoms with Crippen LogP contribution >= 0.6 is 11.5 Å². The molecule has 122 valence electrons. The second-order valence-corrected chi connectivity index (χ2v) is 6.59. The van der Waals surface area contributed by atoms with Crippen LogP contribution in [0.2, 0.25) is 0 Å². The molecule has 1 aromatic carbocycles. The molecule has 6 nitrogen and oxygen atoms in total. The first-order valence-electron chi connectivity index (χ1n) is 7.62. The standard InChI is InChI=1S/C17H15N3O3S/c1-23-11-6-4-10-5-7-14(13(10)9-11)19-17(22)20-16(21)12-3-2-8-18-15(12)24-20/h2-4,6,8-9,14H,5,7H2,1H3,(H,19,22). The molecule has 2 aromatic heterocycles. The van der Waals surface area contributed by atoms with Crippen molar-refractivity contribution in [3.63, 3.8) is 0 Å². The summed E-state index contributed by atoms with van der Waals surface area (Å²) in [5, 5.41) is 3.42. The Morgan fingerprint density at radius 2 is 2.29 bits per heavy atom. The normalized spacial score (nSPS) is 16.1. The van der Waals surface area contributed by atoms with Crippen LogP contribution in [0, 0.1) is 0 Å². The monoisotopic (exact) mass is 341 g/mol. The number of ether oxygens (including phenoxy) is 1. The fourth-order valence-electron chi connectivity index (χ4n) is 3.06. The van der Waals surface area contributed by atoms with Crippen molar-refractivity contribution in [3.8, 4) is 5.75 Å². The number of methoxy groups -OCH3 is 1. The highest BCUT2D eigenvalue weighted by Gasteiger charge is 2.26.